The minimum absolute atomic E-state index is 0.0707. The van der Waals surface area contributed by atoms with Gasteiger partial charge in [0.1, 0.15) is 0 Å². The number of aromatic nitrogens is 3. The van der Waals surface area contributed by atoms with Gasteiger partial charge in [0.05, 0.1) is 30.3 Å². The summed E-state index contributed by atoms with van der Waals surface area (Å²) in [5.41, 5.74) is 9.61. The van der Waals surface area contributed by atoms with E-state index < -0.39 is 0 Å². The quantitative estimate of drug-likeness (QED) is 0.780. The molecule has 0 radical (unpaired) electrons. The smallest absolute Gasteiger partial charge is 0.0952 e. The molecule has 0 aliphatic carbocycles. The largest absolute Gasteiger partial charge is 0.327 e. The molecule has 4 nitrogen and oxygen atoms in total. The van der Waals surface area contributed by atoms with Gasteiger partial charge in [-0.1, -0.05) is 36.4 Å². The Hall–Kier alpha value is -2.46. The van der Waals surface area contributed by atoms with Gasteiger partial charge in [0.2, 0.25) is 0 Å². The highest BCUT2D eigenvalue weighted by Gasteiger charge is 2.12. The molecule has 2 aromatic heterocycles. The lowest BCUT2D eigenvalue weighted by molar-refractivity contribution is 0.626. The van der Waals surface area contributed by atoms with E-state index in [0.29, 0.717) is 6.54 Å². The third-order valence-corrected chi connectivity index (χ3v) is 3.48. The molecule has 1 atom stereocenters. The van der Waals surface area contributed by atoms with Crippen LogP contribution in [0.25, 0.3) is 0 Å². The number of nitrogens with zero attached hydrogens (tertiary/aromatic N) is 3. The van der Waals surface area contributed by atoms with Crippen molar-refractivity contribution in [3.8, 4) is 0 Å². The maximum absolute atomic E-state index is 6.34. The Morgan fingerprint density at radius 3 is 2.62 bits per heavy atom. The van der Waals surface area contributed by atoms with Crippen LogP contribution in [0.1, 0.15) is 23.0 Å². The Bertz CT molecular complexity index is 676. The van der Waals surface area contributed by atoms with E-state index in [1.165, 1.54) is 5.56 Å². The Labute approximate surface area is 124 Å². The molecular weight excluding hydrogens is 260 g/mol. The summed E-state index contributed by atoms with van der Waals surface area (Å²) in [7, 11) is 0. The molecule has 0 aliphatic heterocycles. The molecule has 0 spiro atoms. The van der Waals surface area contributed by atoms with Crippen LogP contribution in [0.3, 0.4) is 0 Å². The van der Waals surface area contributed by atoms with Crippen LogP contribution < -0.4 is 5.73 Å². The van der Waals surface area contributed by atoms with Gasteiger partial charge < -0.3 is 10.3 Å². The molecule has 0 aliphatic rings. The van der Waals surface area contributed by atoms with Crippen molar-refractivity contribution < 1.29 is 0 Å². The van der Waals surface area contributed by atoms with E-state index in [1.54, 1.807) is 6.20 Å². The van der Waals surface area contributed by atoms with Crippen molar-refractivity contribution in [3.05, 3.63) is 84.2 Å². The average molecular weight is 278 g/mol. The van der Waals surface area contributed by atoms with Crippen LogP contribution in [-0.4, -0.2) is 14.5 Å². The Kier molecular flexibility index (Phi) is 4.07. The van der Waals surface area contributed by atoms with E-state index in [2.05, 4.69) is 26.7 Å². The van der Waals surface area contributed by atoms with E-state index in [4.69, 9.17) is 5.73 Å². The second-order valence-electron chi connectivity index (χ2n) is 5.06. The number of hydrogen-bond acceptors (Lipinski definition) is 3. The average Bonchev–Trinajstić information content (AvgIpc) is 2.97. The molecule has 0 saturated carbocycles. The van der Waals surface area contributed by atoms with E-state index in [-0.39, 0.29) is 6.04 Å². The molecule has 21 heavy (non-hydrogen) atoms. The topological polar surface area (TPSA) is 56.7 Å². The monoisotopic (exact) mass is 278 g/mol. The third kappa shape index (κ3) is 3.35. The SMILES string of the molecule is N[C@H](Cc1ccccc1)c1cncn1Cc1ccccn1. The Morgan fingerprint density at radius 1 is 1.05 bits per heavy atom. The molecule has 0 saturated heterocycles. The first-order valence-corrected chi connectivity index (χ1v) is 7.02. The summed E-state index contributed by atoms with van der Waals surface area (Å²) in [6.45, 7) is 0.693. The van der Waals surface area contributed by atoms with Crippen molar-refractivity contribution >= 4 is 0 Å². The second kappa shape index (κ2) is 6.33. The molecule has 1 aromatic carbocycles. The summed E-state index contributed by atoms with van der Waals surface area (Å²) in [6, 6.07) is 16.1. The van der Waals surface area contributed by atoms with Gasteiger partial charge in [-0.15, -0.1) is 0 Å². The fraction of sp³-hybridized carbons (Fsp3) is 0.176. The third-order valence-electron chi connectivity index (χ3n) is 3.48. The van der Waals surface area contributed by atoms with E-state index >= 15 is 0 Å². The Morgan fingerprint density at radius 2 is 1.86 bits per heavy atom. The van der Waals surface area contributed by atoms with E-state index in [9.17, 15) is 0 Å². The van der Waals surface area contributed by atoms with Crippen molar-refractivity contribution in [2.24, 2.45) is 5.73 Å². The standard InChI is InChI=1S/C17H18N4/c18-16(10-14-6-2-1-3-7-14)17-11-19-13-21(17)12-15-8-4-5-9-20-15/h1-9,11,13,16H,10,12,18H2/t16-/m1/s1. The zero-order chi connectivity index (χ0) is 14.5. The number of benzene rings is 1. The molecule has 3 rings (SSSR count). The van der Waals surface area contributed by atoms with Crippen LogP contribution in [0.5, 0.6) is 0 Å². The van der Waals surface area contributed by atoms with Crippen molar-refractivity contribution in [2.75, 3.05) is 0 Å². The normalized spacial score (nSPS) is 12.2. The molecule has 4 heteroatoms. The molecule has 0 bridgehead atoms. The van der Waals surface area contributed by atoms with Gasteiger partial charge in [0.25, 0.3) is 0 Å². The minimum Gasteiger partial charge on any atom is -0.327 e. The molecular formula is C17H18N4. The summed E-state index contributed by atoms with van der Waals surface area (Å²) >= 11 is 0. The van der Waals surface area contributed by atoms with Gasteiger partial charge in [0.15, 0.2) is 0 Å². The summed E-state index contributed by atoms with van der Waals surface area (Å²) in [4.78, 5) is 8.58. The van der Waals surface area contributed by atoms with Gasteiger partial charge in [-0.3, -0.25) is 4.98 Å². The van der Waals surface area contributed by atoms with Crippen molar-refractivity contribution in [2.45, 2.75) is 19.0 Å². The number of nitrogens with two attached hydrogens (primary N) is 1. The highest BCUT2D eigenvalue weighted by molar-refractivity contribution is 5.19. The molecule has 0 amide bonds. The molecule has 106 valence electrons. The van der Waals surface area contributed by atoms with Crippen LogP contribution in [0.4, 0.5) is 0 Å². The van der Waals surface area contributed by atoms with Gasteiger partial charge in [-0.25, -0.2) is 4.98 Å². The molecule has 3 aromatic rings. The number of pyridine rings is 1. The zero-order valence-corrected chi connectivity index (χ0v) is 11.8. The van der Waals surface area contributed by atoms with Gasteiger partial charge in [0, 0.05) is 12.4 Å². The first kappa shape index (κ1) is 13.5. The van der Waals surface area contributed by atoms with E-state index in [1.807, 2.05) is 48.9 Å². The highest BCUT2D eigenvalue weighted by Crippen LogP contribution is 2.16. The van der Waals surface area contributed by atoms with Crippen LogP contribution in [0, 0.1) is 0 Å². The molecule has 0 unspecified atom stereocenters. The lowest BCUT2D eigenvalue weighted by Gasteiger charge is -2.14. The first-order valence-electron chi connectivity index (χ1n) is 7.02. The van der Waals surface area contributed by atoms with Crippen LogP contribution in [-0.2, 0) is 13.0 Å². The van der Waals surface area contributed by atoms with Gasteiger partial charge >= 0.3 is 0 Å². The number of hydrogen-bond donors (Lipinski definition) is 1. The summed E-state index contributed by atoms with van der Waals surface area (Å²) in [5, 5.41) is 0. The second-order valence-corrected chi connectivity index (χ2v) is 5.06. The van der Waals surface area contributed by atoms with E-state index in [0.717, 1.165) is 17.8 Å². The lowest BCUT2D eigenvalue weighted by Crippen LogP contribution is -2.18. The fourth-order valence-corrected chi connectivity index (χ4v) is 2.41. The molecule has 2 heterocycles. The summed E-state index contributed by atoms with van der Waals surface area (Å²) in [6.07, 6.45) is 6.26. The highest BCUT2D eigenvalue weighted by atomic mass is 15.1. The van der Waals surface area contributed by atoms with Crippen LogP contribution in [0.15, 0.2) is 67.3 Å². The lowest BCUT2D eigenvalue weighted by atomic mass is 10.0. The predicted molar refractivity (Wildman–Crippen MR) is 82.6 cm³/mol. The zero-order valence-electron chi connectivity index (χ0n) is 11.8. The maximum atomic E-state index is 6.34. The van der Waals surface area contributed by atoms with Gasteiger partial charge in [-0.05, 0) is 24.1 Å². The van der Waals surface area contributed by atoms with Crippen molar-refractivity contribution in [1.29, 1.82) is 0 Å². The molecule has 0 fully saturated rings. The summed E-state index contributed by atoms with van der Waals surface area (Å²) < 4.78 is 2.07. The van der Waals surface area contributed by atoms with Crippen LogP contribution in [0.2, 0.25) is 0 Å². The number of rotatable bonds is 5. The predicted octanol–water partition coefficient (Wildman–Crippen LogP) is 2.57. The van der Waals surface area contributed by atoms with Crippen LogP contribution >= 0.6 is 0 Å². The van der Waals surface area contributed by atoms with Gasteiger partial charge in [-0.2, -0.15) is 0 Å². The Balaban J connectivity index is 1.75. The van der Waals surface area contributed by atoms with Crippen molar-refractivity contribution in [1.82, 2.24) is 14.5 Å². The minimum atomic E-state index is -0.0707. The summed E-state index contributed by atoms with van der Waals surface area (Å²) in [5.74, 6) is 0. The number of imidazole rings is 1. The fourth-order valence-electron chi connectivity index (χ4n) is 2.41. The first-order chi connectivity index (χ1) is 10.3. The van der Waals surface area contributed by atoms with Crippen molar-refractivity contribution in [3.63, 3.8) is 0 Å². The molecule has 2 N–H and O–H groups in total. The maximum Gasteiger partial charge on any atom is 0.0952 e.